The molecule has 1 aliphatic rings. The predicted octanol–water partition coefficient (Wildman–Crippen LogP) is 3.86. The van der Waals surface area contributed by atoms with Gasteiger partial charge in [0.15, 0.2) is 11.0 Å². The molecule has 1 aromatic carbocycles. The van der Waals surface area contributed by atoms with E-state index in [1.807, 2.05) is 23.9 Å². The second-order valence-corrected chi connectivity index (χ2v) is 9.21. The molecule has 1 aliphatic heterocycles. The third-order valence-corrected chi connectivity index (χ3v) is 6.37. The first kappa shape index (κ1) is 20.9. The van der Waals surface area contributed by atoms with Crippen molar-refractivity contribution in [3.05, 3.63) is 59.2 Å². The maximum Gasteiger partial charge on any atom is 0.187 e. The van der Waals surface area contributed by atoms with Gasteiger partial charge in [-0.05, 0) is 49.3 Å². The molecule has 1 aromatic heterocycles. The molecule has 2 heterocycles. The molecule has 0 bridgehead atoms. The lowest BCUT2D eigenvalue weighted by Crippen LogP contribution is -2.28. The third-order valence-electron chi connectivity index (χ3n) is 4.88. The minimum atomic E-state index is -0.327. The molecule has 1 atom stereocenters. The summed E-state index contributed by atoms with van der Waals surface area (Å²) in [6.07, 6.45) is 8.62. The summed E-state index contributed by atoms with van der Waals surface area (Å²) < 4.78 is 0. The quantitative estimate of drug-likeness (QED) is 0.522. The zero-order valence-corrected chi connectivity index (χ0v) is 18.0. The fourth-order valence-electron chi connectivity index (χ4n) is 3.21. The van der Waals surface area contributed by atoms with Gasteiger partial charge in [0.2, 0.25) is 0 Å². The number of nitrogens with zero attached hydrogens (tertiary/aromatic N) is 3. The summed E-state index contributed by atoms with van der Waals surface area (Å²) >= 11 is 3.41. The molecule has 2 N–H and O–H groups in total. The summed E-state index contributed by atoms with van der Waals surface area (Å²) in [6, 6.07) is 8.08. The molecule has 3 rings (SSSR count). The number of aliphatic imine (C=N–C) groups is 1. The van der Waals surface area contributed by atoms with Gasteiger partial charge >= 0.3 is 0 Å². The summed E-state index contributed by atoms with van der Waals surface area (Å²) in [7, 11) is 0. The first-order valence-electron chi connectivity index (χ1n) is 9.41. The van der Waals surface area contributed by atoms with Crippen LogP contribution in [0.2, 0.25) is 0 Å². The molecule has 0 aliphatic carbocycles. The lowest BCUT2D eigenvalue weighted by Gasteiger charge is -2.30. The van der Waals surface area contributed by atoms with Crippen molar-refractivity contribution in [1.82, 2.24) is 9.97 Å². The van der Waals surface area contributed by atoms with Crippen molar-refractivity contribution in [3.8, 4) is 0 Å². The van der Waals surface area contributed by atoms with Crippen molar-refractivity contribution in [1.29, 1.82) is 0 Å². The molecule has 0 spiro atoms. The summed E-state index contributed by atoms with van der Waals surface area (Å²) in [5.74, 6) is 2.03. The van der Waals surface area contributed by atoms with Gasteiger partial charge in [-0.15, -0.1) is 0 Å². The molecule has 0 amide bonds. The fourth-order valence-corrected chi connectivity index (χ4v) is 4.62. The number of benzene rings is 1. The van der Waals surface area contributed by atoms with Crippen molar-refractivity contribution < 1.29 is 4.79 Å². The second-order valence-electron chi connectivity index (χ2n) is 7.11. The van der Waals surface area contributed by atoms with Crippen LogP contribution in [0.15, 0.2) is 41.7 Å². The number of carbonyl (C=O) groups is 1. The van der Waals surface area contributed by atoms with E-state index < -0.39 is 0 Å². The van der Waals surface area contributed by atoms with Gasteiger partial charge in [-0.3, -0.25) is 14.8 Å². The highest BCUT2D eigenvalue weighted by Gasteiger charge is 2.29. The second kappa shape index (κ2) is 9.56. The van der Waals surface area contributed by atoms with E-state index in [1.54, 1.807) is 24.2 Å². The van der Waals surface area contributed by atoms with Gasteiger partial charge in [-0.1, -0.05) is 36.0 Å². The third kappa shape index (κ3) is 5.35. The van der Waals surface area contributed by atoms with E-state index in [0.717, 1.165) is 47.6 Å². The molecule has 148 valence electrons. The number of carbonyl (C=O) groups excluding carboxylic acids is 1. The van der Waals surface area contributed by atoms with Crippen molar-refractivity contribution >= 4 is 34.5 Å². The SMILES string of the molecule is CSCCCc1cnc(C(=O)Cc2cccc(C3(C)CCSC(N)=N3)c2)cn1. The van der Waals surface area contributed by atoms with Gasteiger partial charge in [0, 0.05) is 18.4 Å². The summed E-state index contributed by atoms with van der Waals surface area (Å²) in [5, 5.41) is 0.628. The van der Waals surface area contributed by atoms with Crippen LogP contribution >= 0.6 is 23.5 Å². The Morgan fingerprint density at radius 3 is 2.89 bits per heavy atom. The highest BCUT2D eigenvalue weighted by molar-refractivity contribution is 8.13. The van der Waals surface area contributed by atoms with Crippen LogP contribution < -0.4 is 5.73 Å². The summed E-state index contributed by atoms with van der Waals surface area (Å²) in [6.45, 7) is 2.10. The van der Waals surface area contributed by atoms with Crippen molar-refractivity contribution in [2.45, 2.75) is 38.1 Å². The minimum absolute atomic E-state index is 0.0207. The van der Waals surface area contributed by atoms with Crippen LogP contribution in [0.25, 0.3) is 0 Å². The molecule has 0 fully saturated rings. The molecular weight excluding hydrogens is 388 g/mol. The number of amidine groups is 1. The highest BCUT2D eigenvalue weighted by atomic mass is 32.2. The normalized spacial score (nSPS) is 19.3. The molecule has 0 saturated carbocycles. The van der Waals surface area contributed by atoms with E-state index in [0.29, 0.717) is 17.3 Å². The Morgan fingerprint density at radius 1 is 1.32 bits per heavy atom. The van der Waals surface area contributed by atoms with E-state index in [1.165, 1.54) is 0 Å². The number of thioether (sulfide) groups is 2. The number of nitrogens with two attached hydrogens (primary N) is 1. The Morgan fingerprint density at radius 2 is 2.18 bits per heavy atom. The Kier molecular flexibility index (Phi) is 7.13. The number of ketones is 1. The van der Waals surface area contributed by atoms with E-state index >= 15 is 0 Å². The molecule has 0 radical (unpaired) electrons. The van der Waals surface area contributed by atoms with E-state index in [-0.39, 0.29) is 11.3 Å². The summed E-state index contributed by atoms with van der Waals surface area (Å²) in [5.41, 5.74) is 9.02. The van der Waals surface area contributed by atoms with Crippen LogP contribution in [0.5, 0.6) is 0 Å². The van der Waals surface area contributed by atoms with E-state index in [4.69, 9.17) is 5.73 Å². The molecular formula is C21H26N4OS2. The van der Waals surface area contributed by atoms with Crippen LogP contribution in [0.3, 0.4) is 0 Å². The van der Waals surface area contributed by atoms with Crippen LogP contribution in [0, 0.1) is 0 Å². The average Bonchev–Trinajstić information content (AvgIpc) is 2.69. The van der Waals surface area contributed by atoms with Crippen LogP contribution in [-0.2, 0) is 18.4 Å². The van der Waals surface area contributed by atoms with Crippen LogP contribution in [0.4, 0.5) is 0 Å². The van der Waals surface area contributed by atoms with Crippen LogP contribution in [0.1, 0.15) is 47.1 Å². The number of aryl methyl sites for hydroxylation is 1. The number of aromatic nitrogens is 2. The number of Topliss-reactive ketones (excluding diaryl/α,β-unsaturated/α-hetero) is 1. The maximum atomic E-state index is 12.6. The lowest BCUT2D eigenvalue weighted by atomic mass is 9.88. The molecule has 7 heteroatoms. The average molecular weight is 415 g/mol. The largest absolute Gasteiger partial charge is 0.379 e. The van der Waals surface area contributed by atoms with Gasteiger partial charge in [0.1, 0.15) is 5.69 Å². The zero-order valence-electron chi connectivity index (χ0n) is 16.4. The fraction of sp³-hybridized carbons (Fsp3) is 0.429. The summed E-state index contributed by atoms with van der Waals surface area (Å²) in [4.78, 5) is 26.0. The van der Waals surface area contributed by atoms with Gasteiger partial charge in [-0.25, -0.2) is 4.98 Å². The maximum absolute atomic E-state index is 12.6. The number of hydrogen-bond acceptors (Lipinski definition) is 7. The Labute approximate surface area is 175 Å². The standard InChI is InChI=1S/C21H26N4OS2/c1-21(8-10-28-20(22)25-21)16-6-3-5-15(11-16)12-19(26)18-14-23-17(13-24-18)7-4-9-27-2/h3,5-6,11,13-14H,4,7-10,12H2,1-2H3,(H2,22,25). The minimum Gasteiger partial charge on any atom is -0.379 e. The van der Waals surface area contributed by atoms with Gasteiger partial charge in [0.05, 0.1) is 17.4 Å². The smallest absolute Gasteiger partial charge is 0.187 e. The van der Waals surface area contributed by atoms with E-state index in [2.05, 4.69) is 40.3 Å². The van der Waals surface area contributed by atoms with Gasteiger partial charge in [-0.2, -0.15) is 11.8 Å². The molecule has 28 heavy (non-hydrogen) atoms. The van der Waals surface area contributed by atoms with Crippen molar-refractivity contribution in [2.75, 3.05) is 17.8 Å². The first-order valence-corrected chi connectivity index (χ1v) is 11.8. The number of rotatable bonds is 8. The van der Waals surface area contributed by atoms with Gasteiger partial charge < -0.3 is 5.73 Å². The van der Waals surface area contributed by atoms with Crippen molar-refractivity contribution in [2.24, 2.45) is 10.7 Å². The molecule has 2 aromatic rings. The van der Waals surface area contributed by atoms with Crippen molar-refractivity contribution in [3.63, 3.8) is 0 Å². The molecule has 5 nitrogen and oxygen atoms in total. The zero-order chi connectivity index (χ0) is 20.0. The first-order chi connectivity index (χ1) is 13.5. The van der Waals surface area contributed by atoms with E-state index in [9.17, 15) is 4.79 Å². The Balaban J connectivity index is 1.68. The highest BCUT2D eigenvalue weighted by Crippen LogP contribution is 2.35. The van der Waals surface area contributed by atoms with Crippen LogP contribution in [-0.4, -0.2) is 38.7 Å². The van der Waals surface area contributed by atoms with Gasteiger partial charge in [0.25, 0.3) is 0 Å². The molecule has 1 unspecified atom stereocenters. The Bertz CT molecular complexity index is 854. The Hall–Kier alpha value is -1.86. The number of hydrogen-bond donors (Lipinski definition) is 1. The topological polar surface area (TPSA) is 81.2 Å². The lowest BCUT2D eigenvalue weighted by molar-refractivity contribution is 0.0987. The predicted molar refractivity (Wildman–Crippen MR) is 119 cm³/mol. The molecule has 0 saturated heterocycles. The monoisotopic (exact) mass is 414 g/mol.